The lowest BCUT2D eigenvalue weighted by atomic mass is 10.1. The zero-order chi connectivity index (χ0) is 17.7. The van der Waals surface area contributed by atoms with E-state index in [-0.39, 0.29) is 17.0 Å². The number of esters is 1. The molecule has 0 fully saturated rings. The van der Waals surface area contributed by atoms with Gasteiger partial charge in [-0.3, -0.25) is 4.79 Å². The SMILES string of the molecule is COC(=O)c1cnc(C(=O)NC(C)c2c(F)cccc2OC)cn1. The number of carbonyl (C=O) groups is 2. The molecule has 0 saturated heterocycles. The maximum absolute atomic E-state index is 14.0. The molecular formula is C16H16FN3O4. The van der Waals surface area contributed by atoms with Crippen molar-refractivity contribution in [1.29, 1.82) is 0 Å². The molecule has 0 bridgehead atoms. The molecule has 1 amide bonds. The monoisotopic (exact) mass is 333 g/mol. The third-order valence-corrected chi connectivity index (χ3v) is 3.29. The molecule has 8 heteroatoms. The van der Waals surface area contributed by atoms with Crippen molar-refractivity contribution in [3.63, 3.8) is 0 Å². The van der Waals surface area contributed by atoms with Crippen LogP contribution in [0.4, 0.5) is 4.39 Å². The summed E-state index contributed by atoms with van der Waals surface area (Å²) in [5, 5.41) is 2.61. The number of methoxy groups -OCH3 is 2. The lowest BCUT2D eigenvalue weighted by Crippen LogP contribution is -2.28. The van der Waals surface area contributed by atoms with Crippen molar-refractivity contribution in [2.45, 2.75) is 13.0 Å². The number of aromatic nitrogens is 2. The minimum Gasteiger partial charge on any atom is -0.496 e. The summed E-state index contributed by atoms with van der Waals surface area (Å²) in [6.45, 7) is 1.62. The summed E-state index contributed by atoms with van der Waals surface area (Å²) < 4.78 is 23.6. The Hall–Kier alpha value is -3.03. The van der Waals surface area contributed by atoms with Crippen LogP contribution in [0.3, 0.4) is 0 Å². The average Bonchev–Trinajstić information content (AvgIpc) is 2.60. The first-order valence-corrected chi connectivity index (χ1v) is 7.01. The maximum Gasteiger partial charge on any atom is 0.358 e. The molecule has 1 unspecified atom stereocenters. The summed E-state index contributed by atoms with van der Waals surface area (Å²) in [7, 11) is 2.64. The van der Waals surface area contributed by atoms with E-state index in [1.54, 1.807) is 13.0 Å². The number of halogens is 1. The molecule has 0 aliphatic heterocycles. The lowest BCUT2D eigenvalue weighted by molar-refractivity contribution is 0.0592. The van der Waals surface area contributed by atoms with E-state index in [0.717, 1.165) is 12.4 Å². The fourth-order valence-electron chi connectivity index (χ4n) is 2.11. The largest absolute Gasteiger partial charge is 0.496 e. The normalized spacial score (nSPS) is 11.5. The van der Waals surface area contributed by atoms with Gasteiger partial charge in [0.1, 0.15) is 17.3 Å². The van der Waals surface area contributed by atoms with Crippen LogP contribution < -0.4 is 10.1 Å². The number of hydrogen-bond acceptors (Lipinski definition) is 6. The Labute approximate surface area is 137 Å². The van der Waals surface area contributed by atoms with Gasteiger partial charge in [-0.05, 0) is 19.1 Å². The summed E-state index contributed by atoms with van der Waals surface area (Å²) in [6.07, 6.45) is 2.28. The Bertz CT molecular complexity index is 749. The van der Waals surface area contributed by atoms with E-state index in [9.17, 15) is 14.0 Å². The topological polar surface area (TPSA) is 90.4 Å². The quantitative estimate of drug-likeness (QED) is 0.841. The van der Waals surface area contributed by atoms with Crippen LogP contribution in [0.5, 0.6) is 5.75 Å². The van der Waals surface area contributed by atoms with Gasteiger partial charge < -0.3 is 14.8 Å². The van der Waals surface area contributed by atoms with E-state index in [2.05, 4.69) is 20.0 Å². The van der Waals surface area contributed by atoms with Crippen molar-refractivity contribution < 1.29 is 23.5 Å². The van der Waals surface area contributed by atoms with Gasteiger partial charge >= 0.3 is 5.97 Å². The van der Waals surface area contributed by atoms with Gasteiger partial charge in [0, 0.05) is 0 Å². The van der Waals surface area contributed by atoms with Gasteiger partial charge in [-0.15, -0.1) is 0 Å². The van der Waals surface area contributed by atoms with Crippen LogP contribution >= 0.6 is 0 Å². The number of amides is 1. The molecule has 0 radical (unpaired) electrons. The van der Waals surface area contributed by atoms with Crippen LogP contribution in [0.15, 0.2) is 30.6 Å². The second-order valence-electron chi connectivity index (χ2n) is 4.83. The fraction of sp³-hybridized carbons (Fsp3) is 0.250. The van der Waals surface area contributed by atoms with Crippen LogP contribution in [0, 0.1) is 5.82 Å². The Kier molecular flexibility index (Phi) is 5.41. The highest BCUT2D eigenvalue weighted by Gasteiger charge is 2.20. The van der Waals surface area contributed by atoms with E-state index in [4.69, 9.17) is 4.74 Å². The van der Waals surface area contributed by atoms with Crippen molar-refractivity contribution >= 4 is 11.9 Å². The van der Waals surface area contributed by atoms with Crippen LogP contribution in [0.1, 0.15) is 39.5 Å². The molecule has 0 aliphatic rings. The second-order valence-corrected chi connectivity index (χ2v) is 4.83. The van der Waals surface area contributed by atoms with Gasteiger partial charge in [-0.1, -0.05) is 6.07 Å². The molecule has 0 saturated carbocycles. The van der Waals surface area contributed by atoms with Crippen LogP contribution in [0.25, 0.3) is 0 Å². The minimum absolute atomic E-state index is 0.00944. The smallest absolute Gasteiger partial charge is 0.358 e. The molecule has 0 spiro atoms. The molecule has 2 aromatic rings. The standard InChI is InChI=1S/C16H16FN3O4/c1-9(14-10(17)5-4-6-13(14)23-2)20-15(21)11-7-19-12(8-18-11)16(22)24-3/h4-9H,1-3H3,(H,20,21). The Balaban J connectivity index is 2.16. The van der Waals surface area contributed by atoms with Gasteiger partial charge in [0.05, 0.1) is 38.2 Å². The molecule has 1 atom stereocenters. The van der Waals surface area contributed by atoms with Crippen molar-refractivity contribution in [2.75, 3.05) is 14.2 Å². The highest BCUT2D eigenvalue weighted by Crippen LogP contribution is 2.27. The predicted octanol–water partition coefficient (Wildman–Crippen LogP) is 1.90. The molecule has 0 aliphatic carbocycles. The number of benzene rings is 1. The number of nitrogens with zero attached hydrogens (tertiary/aromatic N) is 2. The number of hydrogen-bond donors (Lipinski definition) is 1. The summed E-state index contributed by atoms with van der Waals surface area (Å²) in [5.74, 6) is -1.38. The van der Waals surface area contributed by atoms with Gasteiger partial charge in [-0.2, -0.15) is 0 Å². The van der Waals surface area contributed by atoms with Gasteiger partial charge in [0.25, 0.3) is 5.91 Å². The lowest BCUT2D eigenvalue weighted by Gasteiger charge is -2.17. The molecule has 7 nitrogen and oxygen atoms in total. The summed E-state index contributed by atoms with van der Waals surface area (Å²) in [6, 6.07) is 3.75. The predicted molar refractivity (Wildman–Crippen MR) is 82.2 cm³/mol. The summed E-state index contributed by atoms with van der Waals surface area (Å²) in [5.41, 5.74) is 0.204. The van der Waals surface area contributed by atoms with Crippen LogP contribution in [-0.2, 0) is 4.74 Å². The first-order chi connectivity index (χ1) is 11.5. The van der Waals surface area contributed by atoms with E-state index in [0.29, 0.717) is 5.75 Å². The fourth-order valence-corrected chi connectivity index (χ4v) is 2.11. The molecule has 1 aromatic carbocycles. The van der Waals surface area contributed by atoms with E-state index in [1.807, 2.05) is 0 Å². The number of ether oxygens (including phenoxy) is 2. The van der Waals surface area contributed by atoms with E-state index < -0.39 is 23.7 Å². The van der Waals surface area contributed by atoms with Crippen molar-refractivity contribution in [2.24, 2.45) is 0 Å². The van der Waals surface area contributed by atoms with Crippen molar-refractivity contribution in [3.8, 4) is 5.75 Å². The van der Waals surface area contributed by atoms with Gasteiger partial charge in [0.15, 0.2) is 5.69 Å². The molecule has 1 aromatic heterocycles. The van der Waals surface area contributed by atoms with Crippen molar-refractivity contribution in [1.82, 2.24) is 15.3 Å². The van der Waals surface area contributed by atoms with Crippen LogP contribution in [-0.4, -0.2) is 36.1 Å². The molecular weight excluding hydrogens is 317 g/mol. The zero-order valence-corrected chi connectivity index (χ0v) is 13.4. The van der Waals surface area contributed by atoms with E-state index in [1.165, 1.54) is 26.4 Å². The van der Waals surface area contributed by atoms with Gasteiger partial charge in [-0.25, -0.2) is 19.2 Å². The molecule has 2 rings (SSSR count). The average molecular weight is 333 g/mol. The molecule has 24 heavy (non-hydrogen) atoms. The van der Waals surface area contributed by atoms with Crippen molar-refractivity contribution in [3.05, 3.63) is 53.4 Å². The number of rotatable bonds is 5. The third kappa shape index (κ3) is 3.65. The second kappa shape index (κ2) is 7.49. The van der Waals surface area contributed by atoms with E-state index >= 15 is 0 Å². The summed E-state index contributed by atoms with van der Waals surface area (Å²) >= 11 is 0. The molecule has 1 heterocycles. The number of nitrogens with one attached hydrogen (secondary N) is 1. The Morgan fingerprint density at radius 3 is 2.42 bits per heavy atom. The Morgan fingerprint density at radius 2 is 1.83 bits per heavy atom. The first-order valence-electron chi connectivity index (χ1n) is 7.01. The zero-order valence-electron chi connectivity index (χ0n) is 13.4. The number of carbonyl (C=O) groups excluding carboxylic acids is 2. The summed E-state index contributed by atoms with van der Waals surface area (Å²) in [4.78, 5) is 31.1. The van der Waals surface area contributed by atoms with Crippen LogP contribution in [0.2, 0.25) is 0 Å². The first kappa shape index (κ1) is 17.3. The highest BCUT2D eigenvalue weighted by atomic mass is 19.1. The van der Waals surface area contributed by atoms with Gasteiger partial charge in [0.2, 0.25) is 0 Å². The maximum atomic E-state index is 14.0. The minimum atomic E-state index is -0.657. The highest BCUT2D eigenvalue weighted by molar-refractivity contribution is 5.93. The third-order valence-electron chi connectivity index (χ3n) is 3.29. The molecule has 1 N–H and O–H groups in total. The Morgan fingerprint density at radius 1 is 1.17 bits per heavy atom. The molecule has 126 valence electrons.